The standard InChI is InChI=1S/C7H11BN2O3.Mn/c1-6(2)5-7-3-4-10(9-7)13-8(11)12;/h3-4,6H,5H2,1-2H3;/q-2;+2. The largest absolute Gasteiger partial charge is 2.00 e. The van der Waals surface area contributed by atoms with E-state index in [1.165, 1.54) is 6.20 Å². The van der Waals surface area contributed by atoms with Crippen molar-refractivity contribution < 1.29 is 31.9 Å². The Morgan fingerprint density at radius 3 is 2.71 bits per heavy atom. The van der Waals surface area contributed by atoms with Gasteiger partial charge in [-0.25, -0.2) is 0 Å². The molecule has 77 valence electrons. The van der Waals surface area contributed by atoms with Gasteiger partial charge in [0.2, 0.25) is 0 Å². The van der Waals surface area contributed by atoms with Crippen molar-refractivity contribution in [1.29, 1.82) is 0 Å². The van der Waals surface area contributed by atoms with E-state index in [0.717, 1.165) is 17.0 Å². The summed E-state index contributed by atoms with van der Waals surface area (Å²) in [5.41, 5.74) is 0.815. The van der Waals surface area contributed by atoms with Gasteiger partial charge in [0.05, 0.1) is 11.9 Å². The van der Waals surface area contributed by atoms with E-state index in [0.29, 0.717) is 5.92 Å². The van der Waals surface area contributed by atoms with Crippen LogP contribution in [0.3, 0.4) is 0 Å². The van der Waals surface area contributed by atoms with Crippen LogP contribution in [0.25, 0.3) is 0 Å². The monoisotopic (exact) mass is 237 g/mol. The fraction of sp³-hybridized carbons (Fsp3) is 0.571. The van der Waals surface area contributed by atoms with Gasteiger partial charge in [0.1, 0.15) is 0 Å². The second-order valence-corrected chi connectivity index (χ2v) is 3.20. The van der Waals surface area contributed by atoms with Crippen molar-refractivity contribution in [3.63, 3.8) is 0 Å². The van der Waals surface area contributed by atoms with Crippen LogP contribution in [0, 0.1) is 5.92 Å². The molecule has 5 nitrogen and oxygen atoms in total. The van der Waals surface area contributed by atoms with Gasteiger partial charge in [0.25, 0.3) is 0 Å². The van der Waals surface area contributed by atoms with Crippen molar-refractivity contribution in [1.82, 2.24) is 9.94 Å². The first-order valence-electron chi connectivity index (χ1n) is 4.11. The van der Waals surface area contributed by atoms with E-state index in [9.17, 15) is 10.0 Å². The van der Waals surface area contributed by atoms with Gasteiger partial charge in [-0.2, -0.15) is 0 Å². The Morgan fingerprint density at radius 2 is 2.21 bits per heavy atom. The summed E-state index contributed by atoms with van der Waals surface area (Å²) in [6, 6.07) is 1.72. The SMILES string of the molecule is CC(C)Cc1ccn(OB([O-])[O-])n1.[Mn+2]. The zero-order valence-electron chi connectivity index (χ0n) is 8.01. The van der Waals surface area contributed by atoms with E-state index in [2.05, 4.69) is 23.7 Å². The maximum atomic E-state index is 10.1. The number of aromatic nitrogens is 2. The summed E-state index contributed by atoms with van der Waals surface area (Å²) >= 11 is 0. The van der Waals surface area contributed by atoms with E-state index in [-0.39, 0.29) is 17.1 Å². The van der Waals surface area contributed by atoms with Gasteiger partial charge >= 0.3 is 17.1 Å². The molecule has 0 unspecified atom stereocenters. The molecule has 0 fully saturated rings. The van der Waals surface area contributed by atoms with Crippen LogP contribution < -0.4 is 14.8 Å². The summed E-state index contributed by atoms with van der Waals surface area (Å²) in [6.07, 6.45) is 2.26. The molecule has 0 bridgehead atoms. The minimum atomic E-state index is -2.33. The van der Waals surface area contributed by atoms with E-state index in [4.69, 9.17) is 0 Å². The van der Waals surface area contributed by atoms with Gasteiger partial charge in [-0.15, -0.1) is 9.94 Å². The van der Waals surface area contributed by atoms with Crippen LogP contribution in [0.1, 0.15) is 19.5 Å². The molecule has 0 saturated heterocycles. The Hall–Kier alpha value is -0.486. The molecule has 1 aromatic heterocycles. The zero-order valence-corrected chi connectivity index (χ0v) is 9.19. The van der Waals surface area contributed by atoms with Crippen molar-refractivity contribution in [3.05, 3.63) is 18.0 Å². The molecule has 1 aromatic rings. The fourth-order valence-corrected chi connectivity index (χ4v) is 1.02. The Bertz CT molecular complexity index is 243. The van der Waals surface area contributed by atoms with Crippen molar-refractivity contribution in [2.45, 2.75) is 20.3 Å². The minimum absolute atomic E-state index is 0. The molecule has 0 aliphatic carbocycles. The molecule has 0 aliphatic heterocycles. The van der Waals surface area contributed by atoms with Crippen molar-refractivity contribution in [3.8, 4) is 0 Å². The van der Waals surface area contributed by atoms with Crippen molar-refractivity contribution >= 4 is 7.32 Å². The Kier molecular flexibility index (Phi) is 5.87. The molecular formula is C7H11BMnN2O3. The quantitative estimate of drug-likeness (QED) is 0.580. The molecule has 0 spiro atoms. The van der Waals surface area contributed by atoms with Crippen LogP contribution in [-0.4, -0.2) is 17.3 Å². The average molecular weight is 237 g/mol. The number of hydrogen-bond donors (Lipinski definition) is 0. The Morgan fingerprint density at radius 1 is 1.57 bits per heavy atom. The molecule has 1 radical (unpaired) electrons. The molecule has 1 rings (SSSR count). The van der Waals surface area contributed by atoms with Gasteiger partial charge in [-0.1, -0.05) is 13.8 Å². The minimum Gasteiger partial charge on any atom is -0.858 e. The first-order valence-corrected chi connectivity index (χ1v) is 4.11. The zero-order chi connectivity index (χ0) is 9.84. The van der Waals surface area contributed by atoms with Crippen LogP contribution in [0.2, 0.25) is 0 Å². The van der Waals surface area contributed by atoms with Crippen LogP contribution in [-0.2, 0) is 23.5 Å². The molecule has 0 N–H and O–H groups in total. The first kappa shape index (κ1) is 13.5. The van der Waals surface area contributed by atoms with Gasteiger partial charge in [-0.05, 0) is 18.4 Å². The van der Waals surface area contributed by atoms with Gasteiger partial charge in [0, 0.05) is 0 Å². The third kappa shape index (κ3) is 4.67. The van der Waals surface area contributed by atoms with Gasteiger partial charge in [0.15, 0.2) is 7.32 Å². The molecule has 0 aliphatic rings. The molecule has 1 heterocycles. The van der Waals surface area contributed by atoms with Crippen LogP contribution in [0.15, 0.2) is 12.3 Å². The van der Waals surface area contributed by atoms with Crippen molar-refractivity contribution in [2.24, 2.45) is 5.92 Å². The molecule has 14 heavy (non-hydrogen) atoms. The summed E-state index contributed by atoms with van der Waals surface area (Å²) in [5.74, 6) is 0.485. The van der Waals surface area contributed by atoms with Gasteiger partial charge in [-0.3, -0.25) is 0 Å². The first-order chi connectivity index (χ1) is 6.08. The molecular weight excluding hydrogens is 226 g/mol. The third-order valence-corrected chi connectivity index (χ3v) is 1.43. The summed E-state index contributed by atoms with van der Waals surface area (Å²) < 4.78 is 4.27. The summed E-state index contributed by atoms with van der Waals surface area (Å²) in [6.45, 7) is 4.12. The summed E-state index contributed by atoms with van der Waals surface area (Å²) in [5, 5.41) is 24.1. The molecule has 0 aromatic carbocycles. The maximum absolute atomic E-state index is 10.1. The van der Waals surface area contributed by atoms with Crippen LogP contribution in [0.5, 0.6) is 0 Å². The summed E-state index contributed by atoms with van der Waals surface area (Å²) in [7, 11) is -2.33. The second kappa shape index (κ2) is 6.08. The molecule has 0 atom stereocenters. The van der Waals surface area contributed by atoms with Crippen LogP contribution >= 0.6 is 0 Å². The van der Waals surface area contributed by atoms with E-state index in [1.54, 1.807) is 6.07 Å². The maximum Gasteiger partial charge on any atom is 2.00 e. The average Bonchev–Trinajstić information content (AvgIpc) is 2.33. The van der Waals surface area contributed by atoms with E-state index in [1.807, 2.05) is 0 Å². The number of nitrogens with zero attached hydrogens (tertiary/aromatic N) is 2. The number of hydrogen-bond acceptors (Lipinski definition) is 4. The predicted molar refractivity (Wildman–Crippen MR) is 43.1 cm³/mol. The van der Waals surface area contributed by atoms with E-state index < -0.39 is 7.32 Å². The third-order valence-electron chi connectivity index (χ3n) is 1.43. The summed E-state index contributed by atoms with van der Waals surface area (Å²) in [4.78, 5) is 0.919. The van der Waals surface area contributed by atoms with Gasteiger partial charge < -0.3 is 14.8 Å². The van der Waals surface area contributed by atoms with Crippen LogP contribution in [0.4, 0.5) is 0 Å². The predicted octanol–water partition coefficient (Wildman–Crippen LogP) is -1.79. The second-order valence-electron chi connectivity index (χ2n) is 3.20. The normalized spacial score (nSPS) is 9.79. The smallest absolute Gasteiger partial charge is 0.858 e. The molecule has 0 amide bonds. The van der Waals surface area contributed by atoms with Crippen molar-refractivity contribution in [2.75, 3.05) is 0 Å². The number of rotatable bonds is 4. The molecule has 7 heteroatoms. The Labute approximate surface area is 93.7 Å². The fourth-order valence-electron chi connectivity index (χ4n) is 1.02. The van der Waals surface area contributed by atoms with E-state index >= 15 is 0 Å². The topological polar surface area (TPSA) is 73.2 Å². The molecule has 0 saturated carbocycles. The Balaban J connectivity index is 0.00000169.